The van der Waals surface area contributed by atoms with Crippen LogP contribution < -0.4 is 0 Å². The predicted molar refractivity (Wildman–Crippen MR) is 63.3 cm³/mol. The summed E-state index contributed by atoms with van der Waals surface area (Å²) in [5, 5.41) is 12.2. The topological polar surface area (TPSA) is 75.8 Å². The molecule has 18 heavy (non-hydrogen) atoms. The van der Waals surface area contributed by atoms with E-state index in [1.54, 1.807) is 0 Å². The first kappa shape index (κ1) is 13.0. The maximum atomic E-state index is 10.6. The van der Waals surface area contributed by atoms with Gasteiger partial charge in [0.2, 0.25) is 0 Å². The van der Waals surface area contributed by atoms with Crippen molar-refractivity contribution in [2.24, 2.45) is 5.92 Å². The molecule has 1 aromatic heterocycles. The summed E-state index contributed by atoms with van der Waals surface area (Å²) >= 11 is 0. The number of aromatic carboxylic acids is 1. The molecule has 1 aliphatic rings. The number of likely N-dealkylation sites (N-methyl/N-ethyl adjacent to an activating group) is 1. The lowest BCUT2D eigenvalue weighted by molar-refractivity contribution is 0.0685. The van der Waals surface area contributed by atoms with Crippen LogP contribution >= 0.6 is 0 Å². The molecule has 1 aliphatic carbocycles. The molecule has 0 aromatic carbocycles. The minimum atomic E-state index is -1.07. The zero-order valence-corrected chi connectivity index (χ0v) is 10.5. The van der Waals surface area contributed by atoms with Gasteiger partial charge in [0.05, 0.1) is 13.2 Å². The van der Waals surface area contributed by atoms with Gasteiger partial charge in [0.1, 0.15) is 0 Å². The quantitative estimate of drug-likeness (QED) is 0.703. The van der Waals surface area contributed by atoms with Crippen LogP contribution in [0.5, 0.6) is 0 Å². The summed E-state index contributed by atoms with van der Waals surface area (Å²) in [5.74, 6) is 0.264. The average molecular weight is 254 g/mol. The summed E-state index contributed by atoms with van der Waals surface area (Å²) in [4.78, 5) is 12.6. The highest BCUT2D eigenvalue weighted by molar-refractivity contribution is 5.85. The van der Waals surface area contributed by atoms with Gasteiger partial charge in [0.15, 0.2) is 11.5 Å². The number of hydrogen-bond donors (Lipinski definition) is 1. The smallest absolute Gasteiger partial charge is 0.358 e. The molecule has 6 nitrogen and oxygen atoms in total. The Morgan fingerprint density at radius 1 is 1.67 bits per heavy atom. The van der Waals surface area contributed by atoms with E-state index >= 15 is 0 Å². The van der Waals surface area contributed by atoms with Crippen molar-refractivity contribution < 1.29 is 19.2 Å². The molecular formula is C12H18N2O4. The molecule has 100 valence electrons. The average Bonchev–Trinajstić information content (AvgIpc) is 3.03. The molecule has 0 atom stereocenters. The fourth-order valence-corrected chi connectivity index (χ4v) is 1.59. The van der Waals surface area contributed by atoms with Crippen LogP contribution in [0.25, 0.3) is 0 Å². The molecular weight excluding hydrogens is 236 g/mol. The predicted octanol–water partition coefficient (Wildman–Crippen LogP) is 1.23. The third kappa shape index (κ3) is 4.12. The van der Waals surface area contributed by atoms with Crippen molar-refractivity contribution in [3.8, 4) is 0 Å². The van der Waals surface area contributed by atoms with Crippen molar-refractivity contribution in [2.45, 2.75) is 19.4 Å². The van der Waals surface area contributed by atoms with E-state index in [4.69, 9.17) is 14.4 Å². The number of carbonyl (C=O) groups is 1. The number of hydrogen-bond acceptors (Lipinski definition) is 5. The second-order valence-corrected chi connectivity index (χ2v) is 4.74. The lowest BCUT2D eigenvalue weighted by atomic mass is 10.3. The summed E-state index contributed by atoms with van der Waals surface area (Å²) in [6.07, 6.45) is 2.59. The van der Waals surface area contributed by atoms with Crippen LogP contribution in [0, 0.1) is 5.92 Å². The number of aromatic nitrogens is 1. The maximum Gasteiger partial charge on any atom is 0.358 e. The molecule has 0 radical (unpaired) electrons. The number of carboxylic acids is 1. The number of nitrogens with zero attached hydrogens (tertiary/aromatic N) is 2. The molecule has 1 N–H and O–H groups in total. The Kier molecular flexibility index (Phi) is 4.33. The highest BCUT2D eigenvalue weighted by atomic mass is 16.5. The van der Waals surface area contributed by atoms with Crippen LogP contribution in [0.15, 0.2) is 10.6 Å². The number of ether oxygens (including phenoxy) is 1. The molecule has 0 aliphatic heterocycles. The molecule has 0 saturated heterocycles. The Bertz CT molecular complexity index is 401. The van der Waals surface area contributed by atoms with Gasteiger partial charge in [-0.2, -0.15) is 0 Å². The standard InChI is InChI=1S/C12H18N2O4/c1-14(4-5-17-8-9-2-3-9)7-10-6-11(12(15)16)13-18-10/h6,9H,2-5,7-8H2,1H3,(H,15,16). The minimum Gasteiger partial charge on any atom is -0.476 e. The van der Waals surface area contributed by atoms with Crippen LogP contribution in [-0.2, 0) is 11.3 Å². The van der Waals surface area contributed by atoms with Crippen molar-refractivity contribution in [1.29, 1.82) is 0 Å². The Morgan fingerprint density at radius 3 is 3.06 bits per heavy atom. The Hall–Kier alpha value is -1.40. The van der Waals surface area contributed by atoms with Crippen LogP contribution in [-0.4, -0.2) is 47.9 Å². The van der Waals surface area contributed by atoms with E-state index in [0.29, 0.717) is 18.9 Å². The molecule has 0 spiro atoms. The SMILES string of the molecule is CN(CCOCC1CC1)Cc1cc(C(=O)O)no1. The Balaban J connectivity index is 1.65. The second-order valence-electron chi connectivity index (χ2n) is 4.74. The van der Waals surface area contributed by atoms with Gasteiger partial charge >= 0.3 is 5.97 Å². The van der Waals surface area contributed by atoms with E-state index in [9.17, 15) is 4.79 Å². The normalized spacial score (nSPS) is 15.2. The first-order valence-electron chi connectivity index (χ1n) is 6.10. The van der Waals surface area contributed by atoms with E-state index < -0.39 is 5.97 Å². The van der Waals surface area contributed by atoms with Gasteiger partial charge in [-0.25, -0.2) is 4.79 Å². The molecule has 6 heteroatoms. The highest BCUT2D eigenvalue weighted by Crippen LogP contribution is 2.28. The Labute approximate surface area is 106 Å². The summed E-state index contributed by atoms with van der Waals surface area (Å²) in [5.41, 5.74) is -0.0524. The summed E-state index contributed by atoms with van der Waals surface area (Å²) < 4.78 is 10.5. The molecule has 1 aromatic rings. The van der Waals surface area contributed by atoms with Gasteiger partial charge in [-0.1, -0.05) is 5.16 Å². The van der Waals surface area contributed by atoms with Crippen molar-refractivity contribution >= 4 is 5.97 Å². The van der Waals surface area contributed by atoms with E-state index in [0.717, 1.165) is 19.1 Å². The third-order valence-corrected chi connectivity index (χ3v) is 2.87. The summed E-state index contributed by atoms with van der Waals surface area (Å²) in [6.45, 7) is 2.87. The van der Waals surface area contributed by atoms with Gasteiger partial charge in [-0.05, 0) is 25.8 Å². The van der Waals surface area contributed by atoms with E-state index in [1.165, 1.54) is 18.9 Å². The van der Waals surface area contributed by atoms with Crippen molar-refractivity contribution in [3.05, 3.63) is 17.5 Å². The van der Waals surface area contributed by atoms with E-state index in [-0.39, 0.29) is 5.69 Å². The first-order valence-corrected chi connectivity index (χ1v) is 6.10. The lowest BCUT2D eigenvalue weighted by Crippen LogP contribution is -2.22. The molecule has 0 unspecified atom stereocenters. The number of carboxylic acid groups (broad SMARTS) is 1. The van der Waals surface area contributed by atoms with Gasteiger partial charge in [-0.3, -0.25) is 4.90 Å². The monoisotopic (exact) mass is 254 g/mol. The molecule has 1 saturated carbocycles. The summed E-state index contributed by atoms with van der Waals surface area (Å²) in [7, 11) is 1.93. The zero-order chi connectivity index (χ0) is 13.0. The van der Waals surface area contributed by atoms with E-state index in [2.05, 4.69) is 5.16 Å². The van der Waals surface area contributed by atoms with Crippen LogP contribution in [0.3, 0.4) is 0 Å². The molecule has 0 amide bonds. The molecule has 0 bridgehead atoms. The van der Waals surface area contributed by atoms with Gasteiger partial charge < -0.3 is 14.4 Å². The molecule has 1 fully saturated rings. The second kappa shape index (κ2) is 5.97. The van der Waals surface area contributed by atoms with Gasteiger partial charge in [0.25, 0.3) is 0 Å². The zero-order valence-electron chi connectivity index (χ0n) is 10.5. The van der Waals surface area contributed by atoms with Gasteiger partial charge in [-0.15, -0.1) is 0 Å². The van der Waals surface area contributed by atoms with Crippen LogP contribution in [0.2, 0.25) is 0 Å². The van der Waals surface area contributed by atoms with Crippen LogP contribution in [0.4, 0.5) is 0 Å². The van der Waals surface area contributed by atoms with Crippen molar-refractivity contribution in [2.75, 3.05) is 26.8 Å². The fraction of sp³-hybridized carbons (Fsp3) is 0.667. The lowest BCUT2D eigenvalue weighted by Gasteiger charge is -2.14. The highest BCUT2D eigenvalue weighted by Gasteiger charge is 2.21. The molecule has 1 heterocycles. The molecule has 2 rings (SSSR count). The Morgan fingerprint density at radius 2 is 2.44 bits per heavy atom. The van der Waals surface area contributed by atoms with Crippen molar-refractivity contribution in [3.63, 3.8) is 0 Å². The summed E-state index contributed by atoms with van der Waals surface area (Å²) in [6, 6.07) is 1.45. The maximum absolute atomic E-state index is 10.6. The largest absolute Gasteiger partial charge is 0.476 e. The van der Waals surface area contributed by atoms with E-state index in [1.807, 2.05) is 11.9 Å². The number of rotatable bonds is 8. The fourth-order valence-electron chi connectivity index (χ4n) is 1.59. The third-order valence-electron chi connectivity index (χ3n) is 2.87. The minimum absolute atomic E-state index is 0.0524. The van der Waals surface area contributed by atoms with Crippen LogP contribution in [0.1, 0.15) is 29.1 Å². The first-order chi connectivity index (χ1) is 8.65. The van der Waals surface area contributed by atoms with Crippen molar-refractivity contribution in [1.82, 2.24) is 10.1 Å². The van der Waals surface area contributed by atoms with Gasteiger partial charge in [0, 0.05) is 19.2 Å².